The average molecular weight is 354 g/mol. The first kappa shape index (κ1) is 15.5. The molecule has 1 atom stereocenters. The minimum Gasteiger partial charge on any atom is -0.310 e. The maximum Gasteiger partial charge on any atom is 0.0637 e. The molecule has 0 amide bonds. The first-order valence-corrected chi connectivity index (χ1v) is 7.95. The summed E-state index contributed by atoms with van der Waals surface area (Å²) in [6.07, 6.45) is 5.51. The fourth-order valence-electron chi connectivity index (χ4n) is 2.14. The van der Waals surface area contributed by atoms with E-state index in [1.807, 2.05) is 6.07 Å². The number of rotatable bonds is 6. The molecule has 2 nitrogen and oxygen atoms in total. The maximum atomic E-state index is 6.28. The van der Waals surface area contributed by atoms with Gasteiger partial charge in [-0.3, -0.25) is 4.98 Å². The molecule has 0 saturated heterocycles. The van der Waals surface area contributed by atoms with Crippen molar-refractivity contribution in [3.05, 3.63) is 63.3 Å². The van der Waals surface area contributed by atoms with Crippen molar-refractivity contribution < 1.29 is 0 Å². The van der Waals surface area contributed by atoms with Gasteiger partial charge >= 0.3 is 0 Å². The van der Waals surface area contributed by atoms with Crippen LogP contribution in [0.15, 0.2) is 47.2 Å². The smallest absolute Gasteiger partial charge is 0.0637 e. The van der Waals surface area contributed by atoms with E-state index in [1.54, 1.807) is 12.4 Å². The highest BCUT2D eigenvalue weighted by Gasteiger charge is 2.14. The molecule has 0 fully saturated rings. The van der Waals surface area contributed by atoms with Crippen LogP contribution in [0.3, 0.4) is 0 Å². The molecule has 0 radical (unpaired) electrons. The van der Waals surface area contributed by atoms with Gasteiger partial charge in [0.1, 0.15) is 0 Å². The molecule has 1 heterocycles. The molecule has 0 spiro atoms. The molecule has 0 bridgehead atoms. The number of hydrogen-bond acceptors (Lipinski definition) is 2. The molecule has 0 aliphatic carbocycles. The average Bonchev–Trinajstić information content (AvgIpc) is 2.46. The van der Waals surface area contributed by atoms with Crippen LogP contribution in [0.25, 0.3) is 0 Å². The number of benzene rings is 1. The van der Waals surface area contributed by atoms with E-state index in [9.17, 15) is 0 Å². The Kier molecular flexibility index (Phi) is 6.02. The molecule has 20 heavy (non-hydrogen) atoms. The van der Waals surface area contributed by atoms with Gasteiger partial charge < -0.3 is 5.32 Å². The number of pyridine rings is 1. The van der Waals surface area contributed by atoms with Crippen LogP contribution in [0.1, 0.15) is 30.5 Å². The Morgan fingerprint density at radius 2 is 2.00 bits per heavy atom. The number of hydrogen-bond donors (Lipinski definition) is 1. The van der Waals surface area contributed by atoms with Gasteiger partial charge in [-0.15, -0.1) is 0 Å². The predicted molar refractivity (Wildman–Crippen MR) is 88.1 cm³/mol. The monoisotopic (exact) mass is 352 g/mol. The van der Waals surface area contributed by atoms with Gasteiger partial charge in [0.25, 0.3) is 0 Å². The summed E-state index contributed by atoms with van der Waals surface area (Å²) in [7, 11) is 0. The first-order valence-electron chi connectivity index (χ1n) is 6.78. The summed E-state index contributed by atoms with van der Waals surface area (Å²) >= 11 is 9.74. The zero-order valence-electron chi connectivity index (χ0n) is 11.4. The lowest BCUT2D eigenvalue weighted by Crippen LogP contribution is -2.24. The van der Waals surface area contributed by atoms with Gasteiger partial charge in [-0.05, 0) is 48.7 Å². The van der Waals surface area contributed by atoms with Crippen LogP contribution >= 0.6 is 27.5 Å². The van der Waals surface area contributed by atoms with E-state index in [1.165, 1.54) is 5.56 Å². The van der Waals surface area contributed by atoms with Crippen LogP contribution in [0.2, 0.25) is 5.02 Å². The van der Waals surface area contributed by atoms with E-state index in [4.69, 9.17) is 11.6 Å². The molecule has 1 aromatic heterocycles. The van der Waals surface area contributed by atoms with Crippen LogP contribution in [0, 0.1) is 0 Å². The molecule has 0 aliphatic rings. The molecular weight excluding hydrogens is 336 g/mol. The fraction of sp³-hybridized carbons (Fsp3) is 0.312. The van der Waals surface area contributed by atoms with E-state index in [2.05, 4.69) is 57.4 Å². The lowest BCUT2D eigenvalue weighted by atomic mass is 9.99. The topological polar surface area (TPSA) is 24.9 Å². The Morgan fingerprint density at radius 3 is 2.65 bits per heavy atom. The minimum atomic E-state index is 0.214. The summed E-state index contributed by atoms with van der Waals surface area (Å²) < 4.78 is 1.10. The zero-order valence-corrected chi connectivity index (χ0v) is 13.8. The quantitative estimate of drug-likeness (QED) is 0.808. The molecule has 1 N–H and O–H groups in total. The Hall–Kier alpha value is -0.900. The summed E-state index contributed by atoms with van der Waals surface area (Å²) in [6, 6.07) is 10.6. The summed E-state index contributed by atoms with van der Waals surface area (Å²) in [6.45, 7) is 3.14. The third-order valence-electron chi connectivity index (χ3n) is 3.17. The predicted octanol–water partition coefficient (Wildman–Crippen LogP) is 4.78. The zero-order chi connectivity index (χ0) is 14.4. The summed E-state index contributed by atoms with van der Waals surface area (Å²) in [4.78, 5) is 4.06. The van der Waals surface area contributed by atoms with E-state index in [0.29, 0.717) is 0 Å². The SMILES string of the molecule is CCCNC(Cc1ccc(Br)cc1)c1ccncc1Cl. The van der Waals surface area contributed by atoms with Crippen LogP contribution in [0.5, 0.6) is 0 Å². The van der Waals surface area contributed by atoms with Crippen molar-refractivity contribution in [2.24, 2.45) is 0 Å². The van der Waals surface area contributed by atoms with Gasteiger partial charge in [0.05, 0.1) is 5.02 Å². The third-order valence-corrected chi connectivity index (χ3v) is 4.02. The molecule has 1 aromatic carbocycles. The Labute approximate surface area is 133 Å². The minimum absolute atomic E-state index is 0.214. The van der Waals surface area contributed by atoms with Gasteiger partial charge in [-0.2, -0.15) is 0 Å². The molecule has 1 unspecified atom stereocenters. The number of nitrogens with zero attached hydrogens (tertiary/aromatic N) is 1. The van der Waals surface area contributed by atoms with Gasteiger partial charge in [0, 0.05) is 22.9 Å². The lowest BCUT2D eigenvalue weighted by molar-refractivity contribution is 0.529. The summed E-state index contributed by atoms with van der Waals surface area (Å²) in [5.74, 6) is 0. The van der Waals surface area contributed by atoms with Crippen molar-refractivity contribution in [2.75, 3.05) is 6.54 Å². The third kappa shape index (κ3) is 4.30. The van der Waals surface area contributed by atoms with Crippen molar-refractivity contribution in [2.45, 2.75) is 25.8 Å². The molecule has 2 rings (SSSR count). The van der Waals surface area contributed by atoms with Gasteiger partial charge in [0.15, 0.2) is 0 Å². The second-order valence-corrected chi connectivity index (χ2v) is 6.06. The van der Waals surface area contributed by atoms with Crippen molar-refractivity contribution in [3.8, 4) is 0 Å². The fourth-order valence-corrected chi connectivity index (χ4v) is 2.65. The first-order chi connectivity index (χ1) is 9.70. The van der Waals surface area contributed by atoms with Crippen LogP contribution in [-0.2, 0) is 6.42 Å². The Morgan fingerprint density at radius 1 is 1.25 bits per heavy atom. The number of aromatic nitrogens is 1. The molecular formula is C16H18BrClN2. The van der Waals surface area contributed by atoms with Gasteiger partial charge in [-0.25, -0.2) is 0 Å². The van der Waals surface area contributed by atoms with Crippen molar-refractivity contribution in [1.82, 2.24) is 10.3 Å². The van der Waals surface area contributed by atoms with Crippen molar-refractivity contribution in [3.63, 3.8) is 0 Å². The van der Waals surface area contributed by atoms with Gasteiger partial charge in [-0.1, -0.05) is 46.6 Å². The van der Waals surface area contributed by atoms with E-state index < -0.39 is 0 Å². The largest absolute Gasteiger partial charge is 0.310 e. The van der Waals surface area contributed by atoms with E-state index in [0.717, 1.165) is 34.4 Å². The van der Waals surface area contributed by atoms with Crippen molar-refractivity contribution >= 4 is 27.5 Å². The van der Waals surface area contributed by atoms with Gasteiger partial charge in [0.2, 0.25) is 0 Å². The van der Waals surface area contributed by atoms with Crippen molar-refractivity contribution in [1.29, 1.82) is 0 Å². The summed E-state index contributed by atoms with van der Waals surface area (Å²) in [5, 5.41) is 4.29. The molecule has 4 heteroatoms. The highest BCUT2D eigenvalue weighted by Crippen LogP contribution is 2.25. The Balaban J connectivity index is 2.19. The Bertz CT molecular complexity index is 542. The molecule has 0 saturated carbocycles. The highest BCUT2D eigenvalue weighted by atomic mass is 79.9. The maximum absolute atomic E-state index is 6.28. The summed E-state index contributed by atoms with van der Waals surface area (Å²) in [5.41, 5.74) is 2.40. The number of nitrogens with one attached hydrogen (secondary N) is 1. The van der Waals surface area contributed by atoms with E-state index >= 15 is 0 Å². The number of halogens is 2. The standard InChI is InChI=1S/C16H18BrClN2/c1-2-8-20-16(14-7-9-19-11-15(14)18)10-12-3-5-13(17)6-4-12/h3-7,9,11,16,20H,2,8,10H2,1H3. The normalized spacial score (nSPS) is 12.3. The second kappa shape index (κ2) is 7.77. The molecule has 2 aromatic rings. The van der Waals surface area contributed by atoms with Crippen LogP contribution < -0.4 is 5.32 Å². The van der Waals surface area contributed by atoms with Crippen LogP contribution in [-0.4, -0.2) is 11.5 Å². The molecule has 0 aliphatic heterocycles. The molecule has 106 valence electrons. The highest BCUT2D eigenvalue weighted by molar-refractivity contribution is 9.10. The lowest BCUT2D eigenvalue weighted by Gasteiger charge is -2.20. The van der Waals surface area contributed by atoms with E-state index in [-0.39, 0.29) is 6.04 Å². The second-order valence-electron chi connectivity index (χ2n) is 4.73. The van der Waals surface area contributed by atoms with Crippen LogP contribution in [0.4, 0.5) is 0 Å².